The molecule has 7 nitrogen and oxygen atoms in total. The van der Waals surface area contributed by atoms with Gasteiger partial charge in [0.25, 0.3) is 0 Å². The first-order chi connectivity index (χ1) is 12.0. The van der Waals surface area contributed by atoms with Gasteiger partial charge in [-0.25, -0.2) is 0 Å². The van der Waals surface area contributed by atoms with Gasteiger partial charge in [0.1, 0.15) is 6.33 Å². The Kier molecular flexibility index (Phi) is 5.37. The molecule has 1 aliphatic rings. The van der Waals surface area contributed by atoms with Crippen LogP contribution in [-0.4, -0.2) is 38.9 Å². The van der Waals surface area contributed by atoms with Crippen molar-refractivity contribution in [3.8, 4) is 0 Å². The monoisotopic (exact) mass is 359 g/mol. The van der Waals surface area contributed by atoms with E-state index in [1.54, 1.807) is 11.2 Å². The number of nitrogens with one attached hydrogen (secondary N) is 1. The van der Waals surface area contributed by atoms with Crippen LogP contribution in [0.25, 0.3) is 0 Å². The summed E-state index contributed by atoms with van der Waals surface area (Å²) in [6.07, 6.45) is 3.13. The summed E-state index contributed by atoms with van der Waals surface area (Å²) in [5.74, 6) is 0.262. The van der Waals surface area contributed by atoms with E-state index >= 15 is 0 Å². The molecule has 1 N–H and O–H groups in total. The molecule has 3 rings (SSSR count). The molecule has 2 amide bonds. The van der Waals surface area contributed by atoms with E-state index in [2.05, 4.69) is 15.5 Å². The van der Waals surface area contributed by atoms with Gasteiger partial charge >= 0.3 is 0 Å². The minimum absolute atomic E-state index is 0.117. The molecule has 25 heavy (non-hydrogen) atoms. The van der Waals surface area contributed by atoms with Crippen molar-refractivity contribution >= 4 is 35.0 Å². The summed E-state index contributed by atoms with van der Waals surface area (Å²) in [7, 11) is 0. The predicted octanol–water partition coefficient (Wildman–Crippen LogP) is 2.72. The third kappa shape index (κ3) is 4.19. The van der Waals surface area contributed by atoms with Crippen LogP contribution in [0, 0.1) is 0 Å². The molecule has 0 aliphatic carbocycles. The third-order valence-electron chi connectivity index (χ3n) is 3.94. The number of hydrogen-bond donors (Lipinski definition) is 1. The van der Waals surface area contributed by atoms with Crippen molar-refractivity contribution in [2.75, 3.05) is 22.5 Å². The van der Waals surface area contributed by atoms with E-state index in [-0.39, 0.29) is 23.6 Å². The van der Waals surface area contributed by atoms with Gasteiger partial charge in [-0.15, -0.1) is 10.2 Å². The average Bonchev–Trinajstić information content (AvgIpc) is 3.22. The maximum atomic E-state index is 12.2. The van der Waals surface area contributed by atoms with Gasteiger partial charge in [0, 0.05) is 30.4 Å². The van der Waals surface area contributed by atoms with Crippen molar-refractivity contribution in [3.05, 3.63) is 30.6 Å². The van der Waals surface area contributed by atoms with Crippen molar-refractivity contribution in [1.29, 1.82) is 0 Å². The lowest BCUT2D eigenvalue weighted by atomic mass is 10.2. The number of carbonyl (C=O) groups excluding carboxylic acids is 2. The van der Waals surface area contributed by atoms with Crippen molar-refractivity contribution in [2.45, 2.75) is 37.9 Å². The van der Waals surface area contributed by atoms with Crippen LogP contribution >= 0.6 is 11.8 Å². The summed E-state index contributed by atoms with van der Waals surface area (Å²) in [4.78, 5) is 25.8. The Bertz CT molecular complexity index is 774. The van der Waals surface area contributed by atoms with E-state index < -0.39 is 0 Å². The Morgan fingerprint density at radius 1 is 1.40 bits per heavy atom. The SMILES string of the molecule is CC(C)n1cnnc1SCC(=O)Nc1cccc(N2CCCC2=O)c1. The number of anilines is 2. The van der Waals surface area contributed by atoms with Crippen LogP contribution in [0.15, 0.2) is 35.7 Å². The summed E-state index contributed by atoms with van der Waals surface area (Å²) >= 11 is 1.35. The summed E-state index contributed by atoms with van der Waals surface area (Å²) in [5.41, 5.74) is 1.51. The summed E-state index contributed by atoms with van der Waals surface area (Å²) in [5, 5.41) is 11.5. The summed E-state index contributed by atoms with van der Waals surface area (Å²) < 4.78 is 1.93. The molecule has 0 radical (unpaired) electrons. The molecule has 2 aromatic rings. The average molecular weight is 359 g/mol. The minimum Gasteiger partial charge on any atom is -0.325 e. The fraction of sp³-hybridized carbons (Fsp3) is 0.412. The van der Waals surface area contributed by atoms with E-state index in [1.807, 2.05) is 42.7 Å². The van der Waals surface area contributed by atoms with Gasteiger partial charge < -0.3 is 14.8 Å². The Labute approximate surface area is 150 Å². The molecule has 0 bridgehead atoms. The molecule has 0 saturated carbocycles. The topological polar surface area (TPSA) is 80.1 Å². The van der Waals surface area contributed by atoms with Crippen LogP contribution in [0.4, 0.5) is 11.4 Å². The van der Waals surface area contributed by atoms with Crippen molar-refractivity contribution in [2.24, 2.45) is 0 Å². The molecular weight excluding hydrogens is 338 g/mol. The van der Waals surface area contributed by atoms with Crippen molar-refractivity contribution in [1.82, 2.24) is 14.8 Å². The standard InChI is InChI=1S/C17H21N5O2S/c1-12(2)22-11-18-20-17(22)25-10-15(23)19-13-5-3-6-14(9-13)21-8-4-7-16(21)24/h3,5-6,9,11-12H,4,7-8,10H2,1-2H3,(H,19,23). The second-order valence-corrected chi connectivity index (χ2v) is 7.09. The van der Waals surface area contributed by atoms with Gasteiger partial charge in [0.2, 0.25) is 11.8 Å². The fourth-order valence-corrected chi connectivity index (χ4v) is 3.53. The molecule has 1 saturated heterocycles. The highest BCUT2D eigenvalue weighted by molar-refractivity contribution is 7.99. The molecule has 0 spiro atoms. The van der Waals surface area contributed by atoms with E-state index in [9.17, 15) is 9.59 Å². The molecule has 132 valence electrons. The number of benzene rings is 1. The molecule has 1 aromatic heterocycles. The highest BCUT2D eigenvalue weighted by Gasteiger charge is 2.21. The highest BCUT2D eigenvalue weighted by atomic mass is 32.2. The van der Waals surface area contributed by atoms with Gasteiger partial charge in [-0.05, 0) is 38.5 Å². The lowest BCUT2D eigenvalue weighted by molar-refractivity contribution is -0.117. The molecular formula is C17H21N5O2S. The first-order valence-corrected chi connectivity index (χ1v) is 9.26. The predicted molar refractivity (Wildman–Crippen MR) is 97.8 cm³/mol. The summed E-state index contributed by atoms with van der Waals surface area (Å²) in [6, 6.07) is 7.64. The van der Waals surface area contributed by atoms with Crippen LogP contribution in [0.2, 0.25) is 0 Å². The maximum absolute atomic E-state index is 12.2. The van der Waals surface area contributed by atoms with Crippen LogP contribution in [-0.2, 0) is 9.59 Å². The largest absolute Gasteiger partial charge is 0.325 e. The summed E-state index contributed by atoms with van der Waals surface area (Å²) in [6.45, 7) is 4.81. The molecule has 8 heteroatoms. The van der Waals surface area contributed by atoms with Gasteiger partial charge in [0.05, 0.1) is 5.75 Å². The molecule has 1 aliphatic heterocycles. The van der Waals surface area contributed by atoms with Crippen molar-refractivity contribution in [3.63, 3.8) is 0 Å². The lowest BCUT2D eigenvalue weighted by Gasteiger charge is -2.16. The number of amides is 2. The molecule has 1 aromatic carbocycles. The minimum atomic E-state index is -0.117. The zero-order valence-electron chi connectivity index (χ0n) is 14.3. The van der Waals surface area contributed by atoms with E-state index in [0.29, 0.717) is 12.1 Å². The molecule has 0 unspecified atom stereocenters. The Hall–Kier alpha value is -2.35. The lowest BCUT2D eigenvalue weighted by Crippen LogP contribution is -2.23. The Morgan fingerprint density at radius 2 is 2.24 bits per heavy atom. The number of aromatic nitrogens is 3. The Balaban J connectivity index is 1.59. The number of hydrogen-bond acceptors (Lipinski definition) is 5. The number of rotatable bonds is 6. The Morgan fingerprint density at radius 3 is 2.96 bits per heavy atom. The number of carbonyl (C=O) groups is 2. The van der Waals surface area contributed by atoms with Crippen LogP contribution < -0.4 is 10.2 Å². The van der Waals surface area contributed by atoms with Crippen LogP contribution in [0.1, 0.15) is 32.7 Å². The first-order valence-electron chi connectivity index (χ1n) is 8.27. The fourth-order valence-electron chi connectivity index (χ4n) is 2.69. The first kappa shape index (κ1) is 17.5. The van der Waals surface area contributed by atoms with E-state index in [1.165, 1.54) is 11.8 Å². The van der Waals surface area contributed by atoms with Gasteiger partial charge in [0.15, 0.2) is 5.16 Å². The molecule has 2 heterocycles. The zero-order valence-corrected chi connectivity index (χ0v) is 15.1. The smallest absolute Gasteiger partial charge is 0.234 e. The van der Waals surface area contributed by atoms with Gasteiger partial charge in [-0.2, -0.15) is 0 Å². The van der Waals surface area contributed by atoms with Crippen molar-refractivity contribution < 1.29 is 9.59 Å². The number of thioether (sulfide) groups is 1. The number of nitrogens with zero attached hydrogens (tertiary/aromatic N) is 4. The van der Waals surface area contributed by atoms with Crippen LogP contribution in [0.3, 0.4) is 0 Å². The molecule has 1 fully saturated rings. The maximum Gasteiger partial charge on any atom is 0.234 e. The van der Waals surface area contributed by atoms with E-state index in [4.69, 9.17) is 0 Å². The second-order valence-electron chi connectivity index (χ2n) is 6.15. The molecule has 0 atom stereocenters. The van der Waals surface area contributed by atoms with E-state index in [0.717, 1.165) is 23.8 Å². The second kappa shape index (κ2) is 7.69. The zero-order chi connectivity index (χ0) is 17.8. The highest BCUT2D eigenvalue weighted by Crippen LogP contribution is 2.25. The normalized spacial score (nSPS) is 14.4. The van der Waals surface area contributed by atoms with Crippen LogP contribution in [0.5, 0.6) is 0 Å². The van der Waals surface area contributed by atoms with Gasteiger partial charge in [-0.3, -0.25) is 9.59 Å². The van der Waals surface area contributed by atoms with Gasteiger partial charge in [-0.1, -0.05) is 17.8 Å². The third-order valence-corrected chi connectivity index (χ3v) is 4.90. The quantitative estimate of drug-likeness (QED) is 0.802.